The zero-order chi connectivity index (χ0) is 11.6. The van der Waals surface area contributed by atoms with Crippen LogP contribution >= 0.6 is 23.2 Å². The summed E-state index contributed by atoms with van der Waals surface area (Å²) in [6.07, 6.45) is -1.31. The van der Waals surface area contributed by atoms with Crippen molar-refractivity contribution >= 4 is 23.2 Å². The minimum absolute atomic E-state index is 0.0479. The lowest BCUT2D eigenvalue weighted by molar-refractivity contribution is 0.0639. The molecule has 0 aromatic carbocycles. The van der Waals surface area contributed by atoms with E-state index in [-0.39, 0.29) is 11.6 Å². The number of halogens is 4. The van der Waals surface area contributed by atoms with Crippen LogP contribution in [0.15, 0.2) is 12.3 Å². The molecule has 0 aliphatic rings. The largest absolute Gasteiger partial charge is 0.320 e. The van der Waals surface area contributed by atoms with Gasteiger partial charge in [0.15, 0.2) is 0 Å². The summed E-state index contributed by atoms with van der Waals surface area (Å²) < 4.78 is 25.0. The first-order valence-corrected chi connectivity index (χ1v) is 4.95. The maximum atomic E-state index is 12.5. The van der Waals surface area contributed by atoms with Crippen molar-refractivity contribution in [3.8, 4) is 0 Å². The Morgan fingerprint density at radius 3 is 2.60 bits per heavy atom. The molecule has 0 saturated carbocycles. The molecule has 0 spiro atoms. The molecule has 0 bridgehead atoms. The van der Waals surface area contributed by atoms with Gasteiger partial charge in [-0.2, -0.15) is 0 Å². The van der Waals surface area contributed by atoms with Crippen LogP contribution in [0.4, 0.5) is 8.78 Å². The Balaban J connectivity index is 2.90. The number of hydrogen-bond acceptors (Lipinski definition) is 2. The summed E-state index contributed by atoms with van der Waals surface area (Å²) in [5.41, 5.74) is 4.28. The predicted molar refractivity (Wildman–Crippen MR) is 56.6 cm³/mol. The van der Waals surface area contributed by atoms with Gasteiger partial charge in [0.05, 0.1) is 5.54 Å². The lowest BCUT2D eigenvalue weighted by Gasteiger charge is -2.23. The van der Waals surface area contributed by atoms with Crippen LogP contribution in [0.1, 0.15) is 12.5 Å². The molecule has 0 radical (unpaired) electrons. The summed E-state index contributed by atoms with van der Waals surface area (Å²) >= 11 is 11.4. The van der Waals surface area contributed by atoms with Crippen molar-refractivity contribution < 1.29 is 8.78 Å². The average Bonchev–Trinajstić information content (AvgIpc) is 2.09. The second kappa shape index (κ2) is 4.60. The molecule has 6 heteroatoms. The molecule has 1 heterocycles. The molecule has 2 N–H and O–H groups in total. The molecule has 0 aliphatic carbocycles. The molecule has 0 aliphatic heterocycles. The Kier molecular flexibility index (Phi) is 3.87. The lowest BCUT2D eigenvalue weighted by atomic mass is 9.95. The number of nitrogens with two attached hydrogens (primary N) is 1. The van der Waals surface area contributed by atoms with E-state index in [1.54, 1.807) is 0 Å². The summed E-state index contributed by atoms with van der Waals surface area (Å²) in [6.45, 7) is 1.27. The number of rotatable bonds is 3. The van der Waals surface area contributed by atoms with Gasteiger partial charge < -0.3 is 5.73 Å². The number of hydrogen-bond donors (Lipinski definition) is 1. The zero-order valence-corrected chi connectivity index (χ0v) is 9.49. The van der Waals surface area contributed by atoms with Crippen LogP contribution in [0.5, 0.6) is 0 Å². The van der Waals surface area contributed by atoms with Gasteiger partial charge in [-0.25, -0.2) is 13.8 Å². The fourth-order valence-corrected chi connectivity index (χ4v) is 1.49. The maximum absolute atomic E-state index is 12.5. The van der Waals surface area contributed by atoms with Crippen molar-refractivity contribution in [2.24, 2.45) is 5.73 Å². The van der Waals surface area contributed by atoms with E-state index in [1.807, 2.05) is 0 Å². The van der Waals surface area contributed by atoms with Crippen LogP contribution in [-0.4, -0.2) is 16.9 Å². The minimum atomic E-state index is -2.62. The highest BCUT2D eigenvalue weighted by molar-refractivity contribution is 6.34. The first-order chi connectivity index (χ1) is 6.83. The van der Waals surface area contributed by atoms with Gasteiger partial charge in [-0.1, -0.05) is 23.2 Å². The molecule has 1 aromatic rings. The second-order valence-electron chi connectivity index (χ2n) is 3.58. The Hall–Kier alpha value is -0.450. The van der Waals surface area contributed by atoms with Gasteiger partial charge in [0, 0.05) is 11.2 Å². The van der Waals surface area contributed by atoms with Gasteiger partial charge in [0.2, 0.25) is 0 Å². The third-order valence-electron chi connectivity index (χ3n) is 1.97. The number of alkyl halides is 2. The van der Waals surface area contributed by atoms with E-state index in [9.17, 15) is 8.78 Å². The van der Waals surface area contributed by atoms with Crippen molar-refractivity contribution in [1.29, 1.82) is 0 Å². The Morgan fingerprint density at radius 1 is 1.53 bits per heavy atom. The van der Waals surface area contributed by atoms with Gasteiger partial charge >= 0.3 is 0 Å². The van der Waals surface area contributed by atoms with Gasteiger partial charge in [-0.3, -0.25) is 0 Å². The van der Waals surface area contributed by atoms with E-state index in [4.69, 9.17) is 28.9 Å². The molecule has 1 atom stereocenters. The van der Waals surface area contributed by atoms with Crippen LogP contribution in [0, 0.1) is 0 Å². The highest BCUT2D eigenvalue weighted by Crippen LogP contribution is 2.24. The topological polar surface area (TPSA) is 38.9 Å². The lowest BCUT2D eigenvalue weighted by Crippen LogP contribution is -2.45. The van der Waals surface area contributed by atoms with E-state index in [0.29, 0.717) is 10.6 Å². The van der Waals surface area contributed by atoms with Crippen molar-refractivity contribution in [3.05, 3.63) is 28.0 Å². The van der Waals surface area contributed by atoms with Crippen LogP contribution in [0.2, 0.25) is 10.2 Å². The molecule has 1 unspecified atom stereocenters. The zero-order valence-electron chi connectivity index (χ0n) is 7.98. The smallest absolute Gasteiger partial charge is 0.256 e. The molecule has 84 valence electrons. The van der Waals surface area contributed by atoms with E-state index >= 15 is 0 Å². The summed E-state index contributed by atoms with van der Waals surface area (Å²) in [4.78, 5) is 3.76. The summed E-state index contributed by atoms with van der Waals surface area (Å²) in [5.74, 6) is 0. The Morgan fingerprint density at radius 2 is 2.13 bits per heavy atom. The molecule has 0 saturated heterocycles. The number of nitrogens with zero attached hydrogens (tertiary/aromatic N) is 1. The van der Waals surface area contributed by atoms with Crippen LogP contribution in [0.25, 0.3) is 0 Å². The fraction of sp³-hybridized carbons (Fsp3) is 0.444. The quantitative estimate of drug-likeness (QED) is 0.843. The molecule has 1 rings (SSSR count). The van der Waals surface area contributed by atoms with E-state index in [2.05, 4.69) is 4.98 Å². The summed E-state index contributed by atoms with van der Waals surface area (Å²) in [5, 5.41) is 0.520. The van der Waals surface area contributed by atoms with Crippen LogP contribution in [-0.2, 0) is 6.42 Å². The monoisotopic (exact) mass is 254 g/mol. The Bertz CT molecular complexity index is 356. The maximum Gasteiger partial charge on any atom is 0.256 e. The predicted octanol–water partition coefficient (Wildman–Crippen LogP) is 2.91. The molecule has 1 aromatic heterocycles. The fourth-order valence-electron chi connectivity index (χ4n) is 1.05. The van der Waals surface area contributed by atoms with Gasteiger partial charge in [0.1, 0.15) is 5.15 Å². The average molecular weight is 255 g/mol. The minimum Gasteiger partial charge on any atom is -0.320 e. The van der Waals surface area contributed by atoms with Crippen LogP contribution in [0.3, 0.4) is 0 Å². The van der Waals surface area contributed by atoms with Crippen molar-refractivity contribution in [1.82, 2.24) is 4.98 Å². The van der Waals surface area contributed by atoms with Crippen molar-refractivity contribution in [2.45, 2.75) is 25.3 Å². The molecular weight excluding hydrogens is 245 g/mol. The second-order valence-corrected chi connectivity index (χ2v) is 4.38. The summed E-state index contributed by atoms with van der Waals surface area (Å²) in [6, 6.07) is 1.40. The highest BCUT2D eigenvalue weighted by atomic mass is 35.5. The highest BCUT2D eigenvalue weighted by Gasteiger charge is 2.31. The molecular formula is C9H10Cl2F2N2. The third kappa shape index (κ3) is 3.26. The molecule has 0 amide bonds. The first-order valence-electron chi connectivity index (χ1n) is 4.20. The van der Waals surface area contributed by atoms with E-state index in [0.717, 1.165) is 0 Å². The number of pyridine rings is 1. The van der Waals surface area contributed by atoms with Gasteiger partial charge in [0.25, 0.3) is 6.43 Å². The van der Waals surface area contributed by atoms with Gasteiger partial charge in [-0.15, -0.1) is 0 Å². The molecule has 0 fully saturated rings. The van der Waals surface area contributed by atoms with Crippen LogP contribution < -0.4 is 5.73 Å². The van der Waals surface area contributed by atoms with E-state index in [1.165, 1.54) is 19.2 Å². The first kappa shape index (κ1) is 12.6. The van der Waals surface area contributed by atoms with Crippen molar-refractivity contribution in [2.75, 3.05) is 0 Å². The Labute approximate surface area is 96.4 Å². The summed E-state index contributed by atoms with van der Waals surface area (Å²) in [7, 11) is 0. The normalized spacial score (nSPS) is 15.4. The number of aromatic nitrogens is 1. The SMILES string of the molecule is CC(N)(Cc1cnc(Cl)cc1Cl)C(F)F. The van der Waals surface area contributed by atoms with Crippen molar-refractivity contribution in [3.63, 3.8) is 0 Å². The van der Waals surface area contributed by atoms with E-state index < -0.39 is 12.0 Å². The molecule has 2 nitrogen and oxygen atoms in total. The molecule has 15 heavy (non-hydrogen) atoms. The third-order valence-corrected chi connectivity index (χ3v) is 2.52. The van der Waals surface area contributed by atoms with Gasteiger partial charge in [-0.05, 0) is 25.0 Å². The standard InChI is InChI=1S/C9H10Cl2F2N2/c1-9(14,8(12)13)3-5-4-15-7(11)2-6(5)10/h2,4,8H,3,14H2,1H3.